The van der Waals surface area contributed by atoms with E-state index in [1.807, 2.05) is 6.92 Å². The minimum Gasteiger partial charge on any atom is -0.384 e. The number of nitrogens with one attached hydrogen (secondary N) is 1. The Morgan fingerprint density at radius 3 is 3.00 bits per heavy atom. The van der Waals surface area contributed by atoms with Crippen LogP contribution in [0.2, 0.25) is 0 Å². The van der Waals surface area contributed by atoms with E-state index in [1.54, 1.807) is 30.6 Å². The summed E-state index contributed by atoms with van der Waals surface area (Å²) in [6, 6.07) is 5.09. The Labute approximate surface area is 116 Å². The van der Waals surface area contributed by atoms with E-state index in [2.05, 4.69) is 27.1 Å². The van der Waals surface area contributed by atoms with Crippen LogP contribution in [0.3, 0.4) is 0 Å². The number of aromatic nitrogens is 2. The Hall–Kier alpha value is -2.71. The molecule has 0 radical (unpaired) electrons. The summed E-state index contributed by atoms with van der Waals surface area (Å²) in [5, 5.41) is 11.3. The monoisotopic (exact) mass is 267 g/mol. The second-order valence-corrected chi connectivity index (χ2v) is 4.09. The minimum absolute atomic E-state index is 0.209. The summed E-state index contributed by atoms with van der Waals surface area (Å²) < 4.78 is 0. The van der Waals surface area contributed by atoms with Crippen molar-refractivity contribution in [2.75, 3.05) is 11.9 Å². The highest BCUT2D eigenvalue weighted by atomic mass is 16.2. The molecule has 2 aromatic heterocycles. The third-order valence-corrected chi connectivity index (χ3v) is 2.45. The number of pyridine rings is 2. The fraction of sp³-hybridized carbons (Fsp3) is 0.133. The van der Waals surface area contributed by atoms with Gasteiger partial charge in [0.05, 0.1) is 5.56 Å². The van der Waals surface area contributed by atoms with Crippen LogP contribution >= 0.6 is 0 Å². The van der Waals surface area contributed by atoms with Gasteiger partial charge in [0, 0.05) is 24.2 Å². The van der Waals surface area contributed by atoms with Crippen LogP contribution in [0.4, 0.5) is 5.82 Å². The highest BCUT2D eigenvalue weighted by Crippen LogP contribution is 2.09. The fourth-order valence-corrected chi connectivity index (χ4v) is 1.59. The number of aliphatic hydroxyl groups is 1. The van der Waals surface area contributed by atoms with Gasteiger partial charge in [0.15, 0.2) is 0 Å². The van der Waals surface area contributed by atoms with Crippen molar-refractivity contribution in [2.24, 2.45) is 0 Å². The van der Waals surface area contributed by atoms with Crippen molar-refractivity contribution in [3.8, 4) is 11.8 Å². The molecule has 0 saturated carbocycles. The van der Waals surface area contributed by atoms with E-state index in [4.69, 9.17) is 5.11 Å². The summed E-state index contributed by atoms with van der Waals surface area (Å²) in [5.41, 5.74) is 2.05. The number of aryl methyl sites for hydroxylation is 1. The zero-order valence-corrected chi connectivity index (χ0v) is 10.9. The Balaban J connectivity index is 2.15. The molecule has 0 aliphatic carbocycles. The predicted molar refractivity (Wildman–Crippen MR) is 75.1 cm³/mol. The molecule has 20 heavy (non-hydrogen) atoms. The maximum absolute atomic E-state index is 12.0. The molecule has 0 atom stereocenters. The van der Waals surface area contributed by atoms with E-state index >= 15 is 0 Å². The normalized spacial score (nSPS) is 9.50. The van der Waals surface area contributed by atoms with Crippen molar-refractivity contribution >= 4 is 11.7 Å². The standard InChI is InChI=1S/C15H13N3O2/c1-11-7-13(10-16-9-11)15(20)18-14-8-12(3-2-6-19)4-5-17-14/h4-5,7-10,19H,6H2,1H3,(H,17,18,20). The van der Waals surface area contributed by atoms with Crippen molar-refractivity contribution < 1.29 is 9.90 Å². The van der Waals surface area contributed by atoms with Crippen LogP contribution in [0.25, 0.3) is 0 Å². The number of amides is 1. The van der Waals surface area contributed by atoms with Crippen LogP contribution in [0.5, 0.6) is 0 Å². The topological polar surface area (TPSA) is 75.1 Å². The van der Waals surface area contributed by atoms with E-state index in [0.29, 0.717) is 16.9 Å². The molecule has 0 aliphatic rings. The molecule has 0 unspecified atom stereocenters. The predicted octanol–water partition coefficient (Wildman–Crippen LogP) is 1.38. The first-order valence-electron chi connectivity index (χ1n) is 5.98. The van der Waals surface area contributed by atoms with Crippen LogP contribution in [-0.4, -0.2) is 27.6 Å². The zero-order chi connectivity index (χ0) is 14.4. The molecule has 2 aromatic rings. The molecule has 5 nitrogen and oxygen atoms in total. The van der Waals surface area contributed by atoms with Gasteiger partial charge in [-0.15, -0.1) is 0 Å². The number of nitrogens with zero attached hydrogens (tertiary/aromatic N) is 2. The molecule has 0 saturated heterocycles. The highest BCUT2D eigenvalue weighted by molar-refractivity contribution is 6.03. The van der Waals surface area contributed by atoms with Gasteiger partial charge in [-0.25, -0.2) is 4.98 Å². The molecule has 100 valence electrons. The van der Waals surface area contributed by atoms with Gasteiger partial charge in [0.2, 0.25) is 0 Å². The Morgan fingerprint density at radius 1 is 1.40 bits per heavy atom. The molecule has 0 bridgehead atoms. The average Bonchev–Trinajstić information content (AvgIpc) is 2.45. The first-order chi connectivity index (χ1) is 9.69. The third kappa shape index (κ3) is 3.64. The molecule has 5 heteroatoms. The second-order valence-electron chi connectivity index (χ2n) is 4.09. The molecule has 0 aromatic carbocycles. The quantitative estimate of drug-likeness (QED) is 0.806. The molecule has 0 fully saturated rings. The van der Waals surface area contributed by atoms with Crippen LogP contribution in [0.1, 0.15) is 21.5 Å². The molecule has 0 spiro atoms. The molecule has 2 rings (SSSR count). The number of rotatable bonds is 2. The Morgan fingerprint density at radius 2 is 2.25 bits per heavy atom. The van der Waals surface area contributed by atoms with Crippen LogP contribution in [0, 0.1) is 18.8 Å². The number of carbonyl (C=O) groups is 1. The van der Waals surface area contributed by atoms with Crippen molar-refractivity contribution in [3.05, 3.63) is 53.5 Å². The van der Waals surface area contributed by atoms with Gasteiger partial charge in [-0.2, -0.15) is 0 Å². The first kappa shape index (κ1) is 13.7. The molecular weight excluding hydrogens is 254 g/mol. The fourth-order valence-electron chi connectivity index (χ4n) is 1.59. The van der Waals surface area contributed by atoms with Gasteiger partial charge in [-0.1, -0.05) is 11.8 Å². The van der Waals surface area contributed by atoms with Gasteiger partial charge in [0.25, 0.3) is 5.91 Å². The number of carbonyl (C=O) groups excluding carboxylic acids is 1. The van der Waals surface area contributed by atoms with E-state index in [-0.39, 0.29) is 12.5 Å². The molecule has 2 N–H and O–H groups in total. The Kier molecular flexibility index (Phi) is 4.43. The zero-order valence-electron chi connectivity index (χ0n) is 10.9. The Bertz CT molecular complexity index is 687. The average molecular weight is 267 g/mol. The van der Waals surface area contributed by atoms with Crippen molar-refractivity contribution in [1.29, 1.82) is 0 Å². The number of hydrogen-bond donors (Lipinski definition) is 2. The van der Waals surface area contributed by atoms with Crippen molar-refractivity contribution in [2.45, 2.75) is 6.92 Å². The van der Waals surface area contributed by atoms with E-state index in [0.717, 1.165) is 5.56 Å². The van der Waals surface area contributed by atoms with Crippen LogP contribution < -0.4 is 5.32 Å². The van der Waals surface area contributed by atoms with Gasteiger partial charge >= 0.3 is 0 Å². The van der Waals surface area contributed by atoms with Gasteiger partial charge in [-0.05, 0) is 30.7 Å². The molecule has 2 heterocycles. The second kappa shape index (κ2) is 6.45. The summed E-state index contributed by atoms with van der Waals surface area (Å²) in [7, 11) is 0. The summed E-state index contributed by atoms with van der Waals surface area (Å²) in [4.78, 5) is 20.1. The number of anilines is 1. The lowest BCUT2D eigenvalue weighted by molar-refractivity contribution is 0.102. The molecule has 0 aliphatic heterocycles. The van der Waals surface area contributed by atoms with Gasteiger partial charge < -0.3 is 10.4 Å². The van der Waals surface area contributed by atoms with Crippen molar-refractivity contribution in [1.82, 2.24) is 9.97 Å². The summed E-state index contributed by atoms with van der Waals surface area (Å²) in [6.07, 6.45) is 4.73. The summed E-state index contributed by atoms with van der Waals surface area (Å²) in [6.45, 7) is 1.66. The van der Waals surface area contributed by atoms with E-state index in [1.165, 1.54) is 6.20 Å². The highest BCUT2D eigenvalue weighted by Gasteiger charge is 2.07. The van der Waals surface area contributed by atoms with E-state index in [9.17, 15) is 4.79 Å². The number of aliphatic hydroxyl groups excluding tert-OH is 1. The van der Waals surface area contributed by atoms with Gasteiger partial charge in [0.1, 0.15) is 12.4 Å². The number of hydrogen-bond acceptors (Lipinski definition) is 4. The summed E-state index contributed by atoms with van der Waals surface area (Å²) in [5.74, 6) is 5.42. The van der Waals surface area contributed by atoms with Crippen LogP contribution in [0.15, 0.2) is 36.8 Å². The largest absolute Gasteiger partial charge is 0.384 e. The maximum atomic E-state index is 12.0. The first-order valence-corrected chi connectivity index (χ1v) is 5.98. The van der Waals surface area contributed by atoms with Crippen molar-refractivity contribution in [3.63, 3.8) is 0 Å². The minimum atomic E-state index is -0.277. The lowest BCUT2D eigenvalue weighted by Gasteiger charge is -2.05. The lowest BCUT2D eigenvalue weighted by atomic mass is 10.2. The lowest BCUT2D eigenvalue weighted by Crippen LogP contribution is -2.13. The molecular formula is C15H13N3O2. The van der Waals surface area contributed by atoms with Crippen LogP contribution in [-0.2, 0) is 0 Å². The summed E-state index contributed by atoms with van der Waals surface area (Å²) >= 11 is 0. The van der Waals surface area contributed by atoms with Gasteiger partial charge in [-0.3, -0.25) is 9.78 Å². The third-order valence-electron chi connectivity index (χ3n) is 2.45. The SMILES string of the molecule is Cc1cncc(C(=O)Nc2cc(C#CCO)ccn2)c1. The maximum Gasteiger partial charge on any atom is 0.258 e. The van der Waals surface area contributed by atoms with E-state index < -0.39 is 0 Å². The smallest absolute Gasteiger partial charge is 0.258 e. The molecule has 1 amide bonds.